The van der Waals surface area contributed by atoms with Crippen LogP contribution in [0.15, 0.2) is 4.99 Å². The van der Waals surface area contributed by atoms with Crippen LogP contribution in [-0.2, 0) is 0 Å². The van der Waals surface area contributed by atoms with Gasteiger partial charge < -0.3 is 4.90 Å². The molecular weight excluding hydrogens is 168 g/mol. The number of nitrogens with zero attached hydrogens (tertiary/aromatic N) is 2. The third kappa shape index (κ3) is 1.24. The van der Waals surface area contributed by atoms with E-state index in [1.165, 1.54) is 30.9 Å². The molecule has 2 rings (SSSR count). The molecular formula is C9H16N2S. The Kier molecular flexibility index (Phi) is 2.31. The van der Waals surface area contributed by atoms with Gasteiger partial charge in [0.1, 0.15) is 0 Å². The van der Waals surface area contributed by atoms with E-state index >= 15 is 0 Å². The van der Waals surface area contributed by atoms with Crippen molar-refractivity contribution in [2.75, 3.05) is 14.1 Å². The first kappa shape index (κ1) is 8.42. The van der Waals surface area contributed by atoms with Crippen molar-refractivity contribution in [3.05, 3.63) is 0 Å². The molecule has 1 heterocycles. The Bertz CT molecular complexity index is 203. The van der Waals surface area contributed by atoms with Gasteiger partial charge in [0.2, 0.25) is 0 Å². The van der Waals surface area contributed by atoms with E-state index in [2.05, 4.69) is 16.9 Å². The number of rotatable bonds is 0. The smallest absolute Gasteiger partial charge is 0.159 e. The minimum atomic E-state index is 0.780. The second-order valence-corrected chi connectivity index (χ2v) is 4.83. The van der Waals surface area contributed by atoms with Crippen LogP contribution in [0.25, 0.3) is 0 Å². The molecule has 1 aliphatic heterocycles. The number of fused-ring (bicyclic) bond motifs is 1. The topological polar surface area (TPSA) is 15.6 Å². The highest BCUT2D eigenvalue weighted by atomic mass is 32.2. The number of amidine groups is 1. The molecule has 2 nitrogen and oxygen atoms in total. The quantitative estimate of drug-likeness (QED) is 0.572. The van der Waals surface area contributed by atoms with Crippen molar-refractivity contribution in [1.29, 1.82) is 0 Å². The average Bonchev–Trinajstić information content (AvgIpc) is 2.44. The third-order valence-electron chi connectivity index (χ3n) is 2.91. The van der Waals surface area contributed by atoms with Crippen LogP contribution in [0, 0.1) is 0 Å². The fourth-order valence-electron chi connectivity index (χ4n) is 2.23. The number of hydrogen-bond acceptors (Lipinski definition) is 2. The Morgan fingerprint density at radius 2 is 2.17 bits per heavy atom. The lowest BCUT2D eigenvalue weighted by Gasteiger charge is -2.28. The maximum atomic E-state index is 4.30. The first-order valence-electron chi connectivity index (χ1n) is 4.69. The molecule has 2 atom stereocenters. The predicted molar refractivity (Wildman–Crippen MR) is 54.8 cm³/mol. The Morgan fingerprint density at radius 3 is 2.83 bits per heavy atom. The zero-order valence-corrected chi connectivity index (χ0v) is 8.60. The van der Waals surface area contributed by atoms with Gasteiger partial charge in [-0.2, -0.15) is 0 Å². The van der Waals surface area contributed by atoms with Crippen molar-refractivity contribution in [2.45, 2.75) is 37.0 Å². The molecule has 2 fully saturated rings. The Balaban J connectivity index is 2.13. The van der Waals surface area contributed by atoms with Crippen molar-refractivity contribution in [3.63, 3.8) is 0 Å². The molecule has 0 radical (unpaired) electrons. The van der Waals surface area contributed by atoms with Gasteiger partial charge in [0.15, 0.2) is 5.17 Å². The van der Waals surface area contributed by atoms with Crippen molar-refractivity contribution in [2.24, 2.45) is 4.99 Å². The summed E-state index contributed by atoms with van der Waals surface area (Å²) in [4.78, 5) is 6.67. The summed E-state index contributed by atoms with van der Waals surface area (Å²) in [5.41, 5.74) is 0. The molecule has 0 spiro atoms. The van der Waals surface area contributed by atoms with Gasteiger partial charge in [-0.25, -0.2) is 0 Å². The predicted octanol–water partition coefficient (Wildman–Crippen LogP) is 1.96. The van der Waals surface area contributed by atoms with Crippen molar-refractivity contribution >= 4 is 16.9 Å². The minimum absolute atomic E-state index is 0.780. The highest BCUT2D eigenvalue weighted by molar-refractivity contribution is 8.14. The molecule has 0 N–H and O–H groups in total. The highest BCUT2D eigenvalue weighted by Crippen LogP contribution is 2.39. The van der Waals surface area contributed by atoms with Crippen LogP contribution in [0.2, 0.25) is 0 Å². The van der Waals surface area contributed by atoms with Crippen LogP contribution in [0.5, 0.6) is 0 Å². The monoisotopic (exact) mass is 184 g/mol. The molecule has 0 aromatic rings. The zero-order valence-electron chi connectivity index (χ0n) is 7.79. The summed E-state index contributed by atoms with van der Waals surface area (Å²) in [5, 5.41) is 2.08. The van der Waals surface area contributed by atoms with Crippen molar-refractivity contribution < 1.29 is 0 Å². The van der Waals surface area contributed by atoms with E-state index in [0.717, 1.165) is 11.3 Å². The summed E-state index contributed by atoms with van der Waals surface area (Å²) in [5.74, 6) is 0. The van der Waals surface area contributed by atoms with Crippen LogP contribution >= 0.6 is 11.8 Å². The maximum absolute atomic E-state index is 4.30. The number of hydrogen-bond donors (Lipinski definition) is 0. The summed E-state index contributed by atoms with van der Waals surface area (Å²) < 4.78 is 0. The van der Waals surface area contributed by atoms with Crippen LogP contribution < -0.4 is 0 Å². The SMILES string of the molecule is C/N=C1\SC2CCCCC2N1C. The van der Waals surface area contributed by atoms with E-state index in [0.29, 0.717) is 0 Å². The molecule has 3 heteroatoms. The Labute approximate surface area is 78.4 Å². The van der Waals surface area contributed by atoms with Crippen LogP contribution in [0.3, 0.4) is 0 Å². The molecule has 0 aromatic heterocycles. The van der Waals surface area contributed by atoms with Gasteiger partial charge in [-0.1, -0.05) is 24.6 Å². The molecule has 68 valence electrons. The van der Waals surface area contributed by atoms with E-state index < -0.39 is 0 Å². The Hall–Kier alpha value is -0.180. The summed E-state index contributed by atoms with van der Waals surface area (Å²) in [6.45, 7) is 0. The number of aliphatic imine (C=N–C) groups is 1. The molecule has 2 aliphatic rings. The number of thioether (sulfide) groups is 1. The van der Waals surface area contributed by atoms with Gasteiger partial charge in [0.05, 0.1) is 0 Å². The molecule has 0 amide bonds. The fraction of sp³-hybridized carbons (Fsp3) is 0.889. The summed E-state index contributed by atoms with van der Waals surface area (Å²) in [7, 11) is 4.08. The molecule has 1 saturated heterocycles. The van der Waals surface area contributed by atoms with E-state index in [9.17, 15) is 0 Å². The summed E-state index contributed by atoms with van der Waals surface area (Å²) >= 11 is 1.98. The van der Waals surface area contributed by atoms with E-state index in [1.807, 2.05) is 18.8 Å². The van der Waals surface area contributed by atoms with Crippen LogP contribution in [-0.4, -0.2) is 35.5 Å². The van der Waals surface area contributed by atoms with Gasteiger partial charge >= 0.3 is 0 Å². The molecule has 0 aromatic carbocycles. The van der Waals surface area contributed by atoms with Crippen molar-refractivity contribution in [1.82, 2.24) is 4.90 Å². The molecule has 12 heavy (non-hydrogen) atoms. The zero-order chi connectivity index (χ0) is 8.55. The molecule has 1 saturated carbocycles. The second-order valence-electron chi connectivity index (χ2n) is 3.63. The highest BCUT2D eigenvalue weighted by Gasteiger charge is 2.37. The largest absolute Gasteiger partial charge is 0.350 e. The van der Waals surface area contributed by atoms with Gasteiger partial charge in [0.25, 0.3) is 0 Å². The summed E-state index contributed by atoms with van der Waals surface area (Å²) in [6, 6.07) is 0.780. The second kappa shape index (κ2) is 3.29. The first-order valence-corrected chi connectivity index (χ1v) is 5.57. The molecule has 0 bridgehead atoms. The van der Waals surface area contributed by atoms with Gasteiger partial charge in [-0.15, -0.1) is 0 Å². The Morgan fingerprint density at radius 1 is 1.42 bits per heavy atom. The molecule has 1 aliphatic carbocycles. The first-order chi connectivity index (χ1) is 5.83. The van der Waals surface area contributed by atoms with E-state index in [4.69, 9.17) is 0 Å². The lowest BCUT2D eigenvalue weighted by atomic mass is 9.94. The minimum Gasteiger partial charge on any atom is -0.350 e. The van der Waals surface area contributed by atoms with Crippen molar-refractivity contribution in [3.8, 4) is 0 Å². The van der Waals surface area contributed by atoms with Crippen LogP contribution in [0.4, 0.5) is 0 Å². The fourth-order valence-corrected chi connectivity index (χ4v) is 3.67. The van der Waals surface area contributed by atoms with Gasteiger partial charge in [-0.3, -0.25) is 4.99 Å². The van der Waals surface area contributed by atoms with Gasteiger partial charge in [-0.05, 0) is 12.8 Å². The summed E-state index contributed by atoms with van der Waals surface area (Å²) in [6.07, 6.45) is 5.58. The maximum Gasteiger partial charge on any atom is 0.159 e. The lowest BCUT2D eigenvalue weighted by Crippen LogP contribution is -2.35. The average molecular weight is 184 g/mol. The third-order valence-corrected chi connectivity index (χ3v) is 4.45. The van der Waals surface area contributed by atoms with Gasteiger partial charge in [0, 0.05) is 25.4 Å². The molecule has 2 unspecified atom stereocenters. The normalized spacial score (nSPS) is 38.8. The standard InChI is InChI=1S/C9H16N2S/c1-10-9-11(2)7-5-3-4-6-8(7)12-9/h7-8H,3-6H2,1-2H3/b10-9-. The lowest BCUT2D eigenvalue weighted by molar-refractivity contribution is 0.302. The van der Waals surface area contributed by atoms with E-state index in [1.54, 1.807) is 0 Å². The van der Waals surface area contributed by atoms with Crippen LogP contribution in [0.1, 0.15) is 25.7 Å². The van der Waals surface area contributed by atoms with E-state index in [-0.39, 0.29) is 0 Å².